The third kappa shape index (κ3) is 4.67. The number of hydrogen-bond donors (Lipinski definition) is 1. The van der Waals surface area contributed by atoms with Crippen molar-refractivity contribution in [2.24, 2.45) is 0 Å². The van der Waals surface area contributed by atoms with E-state index in [-0.39, 0.29) is 0 Å². The van der Waals surface area contributed by atoms with Crippen molar-refractivity contribution in [2.45, 2.75) is 6.10 Å². The van der Waals surface area contributed by atoms with Gasteiger partial charge in [-0.3, -0.25) is 4.90 Å². The maximum absolute atomic E-state index is 10.0. The molecule has 1 saturated heterocycles. The summed E-state index contributed by atoms with van der Waals surface area (Å²) in [5.74, 6) is 1.55. The van der Waals surface area contributed by atoms with Gasteiger partial charge in [-0.05, 0) is 31.3 Å². The molecule has 1 N–H and O–H groups in total. The molecule has 0 aromatic heterocycles. The minimum Gasteiger partial charge on any atom is -0.497 e. The molecule has 0 saturated carbocycles. The molecular formula is C15H24N2O3. The van der Waals surface area contributed by atoms with E-state index in [9.17, 15) is 5.11 Å². The number of rotatable bonds is 6. The largest absolute Gasteiger partial charge is 0.497 e. The van der Waals surface area contributed by atoms with Crippen LogP contribution in [0.4, 0.5) is 0 Å². The molecule has 0 radical (unpaired) electrons. The Labute approximate surface area is 120 Å². The van der Waals surface area contributed by atoms with Crippen LogP contribution in [0.15, 0.2) is 24.3 Å². The lowest BCUT2D eigenvalue weighted by Gasteiger charge is -2.33. The van der Waals surface area contributed by atoms with E-state index in [1.807, 2.05) is 24.3 Å². The first-order valence-corrected chi connectivity index (χ1v) is 7.03. The molecule has 5 heteroatoms. The fourth-order valence-electron chi connectivity index (χ4n) is 2.25. The molecule has 1 aromatic carbocycles. The van der Waals surface area contributed by atoms with E-state index in [0.717, 1.165) is 37.7 Å². The van der Waals surface area contributed by atoms with E-state index < -0.39 is 6.10 Å². The number of aliphatic hydroxyl groups is 1. The number of nitrogens with zero attached hydrogens (tertiary/aromatic N) is 2. The number of hydrogen-bond acceptors (Lipinski definition) is 5. The van der Waals surface area contributed by atoms with Gasteiger partial charge in [-0.15, -0.1) is 0 Å². The van der Waals surface area contributed by atoms with Crippen LogP contribution in [0.25, 0.3) is 0 Å². The number of methoxy groups -OCH3 is 1. The van der Waals surface area contributed by atoms with Gasteiger partial charge in [-0.25, -0.2) is 0 Å². The Morgan fingerprint density at radius 1 is 1.10 bits per heavy atom. The van der Waals surface area contributed by atoms with Gasteiger partial charge in [0, 0.05) is 32.7 Å². The predicted octanol–water partition coefficient (Wildman–Crippen LogP) is 0.682. The van der Waals surface area contributed by atoms with Gasteiger partial charge >= 0.3 is 0 Å². The number of β-amino-alcohol motifs (C(OH)–C–C–N with tert-alkyl or cyclic N) is 1. The van der Waals surface area contributed by atoms with Gasteiger partial charge in [0.2, 0.25) is 0 Å². The molecule has 1 heterocycles. The molecule has 0 bridgehead atoms. The number of aliphatic hydroxyl groups excluding tert-OH is 1. The zero-order valence-electron chi connectivity index (χ0n) is 12.3. The van der Waals surface area contributed by atoms with Crippen LogP contribution in [0, 0.1) is 0 Å². The molecular weight excluding hydrogens is 256 g/mol. The third-order valence-electron chi connectivity index (χ3n) is 3.57. The summed E-state index contributed by atoms with van der Waals surface area (Å²) in [6.07, 6.45) is -0.458. The lowest BCUT2D eigenvalue weighted by atomic mass is 10.2. The van der Waals surface area contributed by atoms with E-state index in [0.29, 0.717) is 13.2 Å². The van der Waals surface area contributed by atoms with Crippen molar-refractivity contribution in [1.29, 1.82) is 0 Å². The highest BCUT2D eigenvalue weighted by Crippen LogP contribution is 2.17. The van der Waals surface area contributed by atoms with Crippen LogP contribution in [0.1, 0.15) is 0 Å². The molecule has 1 aromatic rings. The molecule has 20 heavy (non-hydrogen) atoms. The van der Waals surface area contributed by atoms with Gasteiger partial charge in [-0.1, -0.05) is 0 Å². The molecule has 0 unspecified atom stereocenters. The lowest BCUT2D eigenvalue weighted by molar-refractivity contribution is 0.0504. The summed E-state index contributed by atoms with van der Waals surface area (Å²) in [5.41, 5.74) is 0. The first kappa shape index (κ1) is 15.1. The second-order valence-corrected chi connectivity index (χ2v) is 5.24. The average Bonchev–Trinajstić information content (AvgIpc) is 2.48. The number of ether oxygens (including phenoxy) is 2. The van der Waals surface area contributed by atoms with E-state index >= 15 is 0 Å². The number of benzene rings is 1. The minimum atomic E-state index is -0.458. The maximum Gasteiger partial charge on any atom is 0.119 e. The summed E-state index contributed by atoms with van der Waals surface area (Å²) in [7, 11) is 3.76. The first-order valence-electron chi connectivity index (χ1n) is 7.03. The molecule has 2 rings (SSSR count). The Kier molecular flexibility index (Phi) is 5.64. The third-order valence-corrected chi connectivity index (χ3v) is 3.57. The zero-order chi connectivity index (χ0) is 14.4. The minimum absolute atomic E-state index is 0.318. The smallest absolute Gasteiger partial charge is 0.119 e. The predicted molar refractivity (Wildman–Crippen MR) is 78.4 cm³/mol. The van der Waals surface area contributed by atoms with Crippen molar-refractivity contribution >= 4 is 0 Å². The zero-order valence-corrected chi connectivity index (χ0v) is 12.3. The molecule has 1 aliphatic rings. The number of piperazine rings is 1. The molecule has 112 valence electrons. The van der Waals surface area contributed by atoms with Gasteiger partial charge in [-0.2, -0.15) is 0 Å². The molecule has 1 aliphatic heterocycles. The summed E-state index contributed by atoms with van der Waals surface area (Å²) in [4.78, 5) is 4.58. The normalized spacial score (nSPS) is 18.8. The highest BCUT2D eigenvalue weighted by atomic mass is 16.5. The average molecular weight is 280 g/mol. The van der Waals surface area contributed by atoms with E-state index in [4.69, 9.17) is 9.47 Å². The van der Waals surface area contributed by atoms with E-state index in [1.54, 1.807) is 7.11 Å². The second-order valence-electron chi connectivity index (χ2n) is 5.24. The Hall–Kier alpha value is -1.30. The van der Waals surface area contributed by atoms with Gasteiger partial charge in [0.05, 0.1) is 7.11 Å². The van der Waals surface area contributed by atoms with Crippen LogP contribution in [0.2, 0.25) is 0 Å². The van der Waals surface area contributed by atoms with Crippen LogP contribution in [-0.4, -0.2) is 74.5 Å². The Morgan fingerprint density at radius 2 is 1.70 bits per heavy atom. The Bertz CT molecular complexity index is 389. The maximum atomic E-state index is 10.0. The standard InChI is InChI=1S/C15H24N2O3/c1-16-7-9-17(10-8-16)11-13(18)12-20-15-5-3-14(19-2)4-6-15/h3-6,13,18H,7-12H2,1-2H3/t13-/m1/s1. The fourth-order valence-corrected chi connectivity index (χ4v) is 2.25. The first-order chi connectivity index (χ1) is 9.67. The molecule has 1 fully saturated rings. The monoisotopic (exact) mass is 280 g/mol. The van der Waals surface area contributed by atoms with Crippen LogP contribution in [0.5, 0.6) is 11.5 Å². The van der Waals surface area contributed by atoms with Crippen molar-refractivity contribution in [2.75, 3.05) is 53.5 Å². The van der Waals surface area contributed by atoms with Gasteiger partial charge < -0.3 is 19.5 Å². The van der Waals surface area contributed by atoms with Crippen LogP contribution < -0.4 is 9.47 Å². The lowest BCUT2D eigenvalue weighted by Crippen LogP contribution is -2.47. The molecule has 5 nitrogen and oxygen atoms in total. The summed E-state index contributed by atoms with van der Waals surface area (Å²) in [5, 5.41) is 10.0. The van der Waals surface area contributed by atoms with Crippen LogP contribution in [0.3, 0.4) is 0 Å². The molecule has 0 spiro atoms. The quantitative estimate of drug-likeness (QED) is 0.830. The highest BCUT2D eigenvalue weighted by molar-refractivity contribution is 5.31. The summed E-state index contributed by atoms with van der Waals surface area (Å²) in [6.45, 7) is 5.13. The molecule has 0 amide bonds. The summed E-state index contributed by atoms with van der Waals surface area (Å²) < 4.78 is 10.7. The molecule has 0 aliphatic carbocycles. The Morgan fingerprint density at radius 3 is 2.30 bits per heavy atom. The number of likely N-dealkylation sites (N-methyl/N-ethyl adjacent to an activating group) is 1. The van der Waals surface area contributed by atoms with Crippen molar-refractivity contribution < 1.29 is 14.6 Å². The van der Waals surface area contributed by atoms with Gasteiger partial charge in [0.25, 0.3) is 0 Å². The van der Waals surface area contributed by atoms with Gasteiger partial charge in [0.15, 0.2) is 0 Å². The SMILES string of the molecule is COc1ccc(OC[C@H](O)CN2CCN(C)CC2)cc1. The van der Waals surface area contributed by atoms with Crippen molar-refractivity contribution in [3.8, 4) is 11.5 Å². The van der Waals surface area contributed by atoms with Crippen LogP contribution in [-0.2, 0) is 0 Å². The fraction of sp³-hybridized carbons (Fsp3) is 0.600. The summed E-state index contributed by atoms with van der Waals surface area (Å²) in [6, 6.07) is 7.40. The Balaban J connectivity index is 1.70. The van der Waals surface area contributed by atoms with Crippen molar-refractivity contribution in [3.05, 3.63) is 24.3 Å². The van der Waals surface area contributed by atoms with Gasteiger partial charge in [0.1, 0.15) is 24.2 Å². The van der Waals surface area contributed by atoms with E-state index in [2.05, 4.69) is 16.8 Å². The van der Waals surface area contributed by atoms with Crippen molar-refractivity contribution in [3.63, 3.8) is 0 Å². The van der Waals surface area contributed by atoms with E-state index in [1.165, 1.54) is 0 Å². The molecule has 1 atom stereocenters. The second kappa shape index (κ2) is 7.47. The van der Waals surface area contributed by atoms with Crippen molar-refractivity contribution in [1.82, 2.24) is 9.80 Å². The highest BCUT2D eigenvalue weighted by Gasteiger charge is 2.17. The topological polar surface area (TPSA) is 45.2 Å². The summed E-state index contributed by atoms with van der Waals surface area (Å²) >= 11 is 0. The van der Waals surface area contributed by atoms with Crippen LogP contribution >= 0.6 is 0 Å².